The fourth-order valence-corrected chi connectivity index (χ4v) is 5.85. The number of rotatable bonds is 8. The van der Waals surface area contributed by atoms with Crippen molar-refractivity contribution in [3.63, 3.8) is 0 Å². The maximum absolute atomic E-state index is 13.6. The van der Waals surface area contributed by atoms with Crippen LogP contribution in [-0.2, 0) is 14.8 Å². The number of nitrogens with zero attached hydrogens (tertiary/aromatic N) is 3. The van der Waals surface area contributed by atoms with E-state index in [9.17, 15) is 17.6 Å². The summed E-state index contributed by atoms with van der Waals surface area (Å²) in [6.07, 6.45) is 0. The molecule has 3 aromatic carbocycles. The summed E-state index contributed by atoms with van der Waals surface area (Å²) in [4.78, 5) is 17.1. The van der Waals surface area contributed by atoms with Crippen LogP contribution in [0.2, 0.25) is 5.02 Å². The molecule has 1 aliphatic heterocycles. The van der Waals surface area contributed by atoms with E-state index < -0.39 is 15.8 Å². The number of ether oxygens (including phenoxy) is 1. The molecule has 4 rings (SSSR count). The van der Waals surface area contributed by atoms with Crippen LogP contribution in [-0.4, -0.2) is 58.6 Å². The normalized spacial score (nSPS) is 13.9. The molecule has 0 saturated carbocycles. The highest BCUT2D eigenvalue weighted by atomic mass is 35.5. The molecule has 37 heavy (non-hydrogen) atoms. The van der Waals surface area contributed by atoms with Gasteiger partial charge in [-0.2, -0.15) is 0 Å². The van der Waals surface area contributed by atoms with Crippen molar-refractivity contribution < 1.29 is 22.3 Å². The van der Waals surface area contributed by atoms with Gasteiger partial charge in [0.1, 0.15) is 18.1 Å². The van der Waals surface area contributed by atoms with Crippen molar-refractivity contribution in [3.05, 3.63) is 83.1 Å². The van der Waals surface area contributed by atoms with Crippen LogP contribution < -0.4 is 13.9 Å². The number of benzene rings is 3. The minimum absolute atomic E-state index is 0.100. The zero-order chi connectivity index (χ0) is 26.6. The van der Waals surface area contributed by atoms with Gasteiger partial charge in [0, 0.05) is 36.9 Å². The molecule has 0 unspecified atom stereocenters. The number of piperazine rings is 1. The van der Waals surface area contributed by atoms with Gasteiger partial charge in [-0.15, -0.1) is 0 Å². The summed E-state index contributed by atoms with van der Waals surface area (Å²) in [6.45, 7) is 6.03. The van der Waals surface area contributed by atoms with E-state index in [-0.39, 0.29) is 17.3 Å². The minimum atomic E-state index is -4.14. The van der Waals surface area contributed by atoms with Crippen molar-refractivity contribution in [2.24, 2.45) is 0 Å². The third-order valence-corrected chi connectivity index (χ3v) is 8.28. The molecular formula is C27H29ClFN3O4S. The summed E-state index contributed by atoms with van der Waals surface area (Å²) in [7, 11) is -4.14. The molecule has 0 aromatic heterocycles. The molecule has 1 fully saturated rings. The molecule has 0 bridgehead atoms. The topological polar surface area (TPSA) is 70.2 Å². The van der Waals surface area contributed by atoms with Gasteiger partial charge in [-0.1, -0.05) is 17.7 Å². The highest BCUT2D eigenvalue weighted by Gasteiger charge is 2.30. The average Bonchev–Trinajstić information content (AvgIpc) is 2.89. The van der Waals surface area contributed by atoms with E-state index in [0.29, 0.717) is 49.2 Å². The largest absolute Gasteiger partial charge is 0.494 e. The Labute approximate surface area is 222 Å². The van der Waals surface area contributed by atoms with Crippen LogP contribution in [0.1, 0.15) is 12.5 Å². The Morgan fingerprint density at radius 1 is 1.00 bits per heavy atom. The van der Waals surface area contributed by atoms with E-state index in [1.54, 1.807) is 29.2 Å². The first-order valence-electron chi connectivity index (χ1n) is 12.0. The molecule has 196 valence electrons. The molecule has 1 heterocycles. The Bertz CT molecular complexity index is 1340. The number of hydrogen-bond donors (Lipinski definition) is 0. The zero-order valence-corrected chi connectivity index (χ0v) is 22.3. The van der Waals surface area contributed by atoms with Gasteiger partial charge in [-0.25, -0.2) is 12.8 Å². The van der Waals surface area contributed by atoms with Crippen molar-refractivity contribution in [2.75, 3.05) is 48.5 Å². The first kappa shape index (κ1) is 26.8. The fraction of sp³-hybridized carbons (Fsp3) is 0.296. The summed E-state index contributed by atoms with van der Waals surface area (Å²) in [5, 5.41) is 0.649. The lowest BCUT2D eigenvalue weighted by molar-refractivity contribution is -0.129. The van der Waals surface area contributed by atoms with E-state index in [1.807, 2.05) is 32.0 Å². The Balaban J connectivity index is 1.54. The van der Waals surface area contributed by atoms with E-state index in [1.165, 1.54) is 12.1 Å². The number of carbonyl (C=O) groups is 1. The molecule has 0 N–H and O–H groups in total. The van der Waals surface area contributed by atoms with Crippen LogP contribution in [0.4, 0.5) is 15.8 Å². The average molecular weight is 546 g/mol. The van der Waals surface area contributed by atoms with Crippen LogP contribution in [0.25, 0.3) is 0 Å². The lowest BCUT2D eigenvalue weighted by Crippen LogP contribution is -2.52. The SMILES string of the molecule is CCOc1ccc(N(CC(=O)N2CCN(c3cc(Cl)ccc3C)CC2)S(=O)(=O)c2ccc(F)cc2)cc1. The van der Waals surface area contributed by atoms with Crippen LogP contribution in [0.15, 0.2) is 71.6 Å². The van der Waals surface area contributed by atoms with Crippen molar-refractivity contribution in [3.8, 4) is 5.75 Å². The standard InChI is InChI=1S/C27H29ClFN3O4S/c1-3-36-24-10-8-23(9-11-24)32(37(34,35)25-12-6-22(29)7-13-25)19-27(33)31-16-14-30(15-17-31)26-18-21(28)5-4-20(26)2/h4-13,18H,3,14-17,19H2,1-2H3. The minimum Gasteiger partial charge on any atom is -0.494 e. The molecule has 1 amide bonds. The van der Waals surface area contributed by atoms with Gasteiger partial charge in [0.15, 0.2) is 0 Å². The van der Waals surface area contributed by atoms with Crippen LogP contribution >= 0.6 is 11.6 Å². The number of sulfonamides is 1. The van der Waals surface area contributed by atoms with Gasteiger partial charge in [-0.05, 0) is 80.1 Å². The van der Waals surface area contributed by atoms with Gasteiger partial charge >= 0.3 is 0 Å². The summed E-state index contributed by atoms with van der Waals surface area (Å²) in [5.74, 6) is -0.276. The van der Waals surface area contributed by atoms with Crippen LogP contribution in [0.5, 0.6) is 5.75 Å². The molecule has 7 nitrogen and oxygen atoms in total. The maximum atomic E-state index is 13.6. The van der Waals surface area contributed by atoms with Crippen molar-refractivity contribution in [2.45, 2.75) is 18.7 Å². The number of anilines is 2. The van der Waals surface area contributed by atoms with Gasteiger partial charge in [-0.3, -0.25) is 9.10 Å². The first-order chi connectivity index (χ1) is 17.7. The van der Waals surface area contributed by atoms with E-state index in [0.717, 1.165) is 27.7 Å². The first-order valence-corrected chi connectivity index (χ1v) is 13.8. The lowest BCUT2D eigenvalue weighted by atomic mass is 10.1. The molecule has 10 heteroatoms. The third kappa shape index (κ3) is 6.17. The monoisotopic (exact) mass is 545 g/mol. The van der Waals surface area contributed by atoms with E-state index in [4.69, 9.17) is 16.3 Å². The molecular weight excluding hydrogens is 517 g/mol. The number of carbonyl (C=O) groups excluding carboxylic acids is 1. The molecule has 1 aliphatic rings. The smallest absolute Gasteiger partial charge is 0.264 e. The number of amides is 1. The Hall–Kier alpha value is -3.30. The number of aryl methyl sites for hydroxylation is 1. The fourth-order valence-electron chi connectivity index (χ4n) is 4.27. The number of halogens is 2. The molecule has 0 aliphatic carbocycles. The Kier molecular flexibility index (Phi) is 8.24. The second-order valence-corrected chi connectivity index (χ2v) is 11.0. The molecule has 0 atom stereocenters. The maximum Gasteiger partial charge on any atom is 0.264 e. The third-order valence-electron chi connectivity index (χ3n) is 6.26. The van der Waals surface area contributed by atoms with Crippen molar-refractivity contribution in [1.82, 2.24) is 4.90 Å². The number of hydrogen-bond acceptors (Lipinski definition) is 5. The lowest BCUT2D eigenvalue weighted by Gasteiger charge is -2.37. The summed E-state index contributed by atoms with van der Waals surface area (Å²) >= 11 is 6.18. The highest BCUT2D eigenvalue weighted by Crippen LogP contribution is 2.28. The molecule has 0 spiro atoms. The quantitative estimate of drug-likeness (QED) is 0.409. The summed E-state index contributed by atoms with van der Waals surface area (Å²) in [5.41, 5.74) is 2.43. The summed E-state index contributed by atoms with van der Waals surface area (Å²) in [6, 6.07) is 16.8. The second-order valence-electron chi connectivity index (χ2n) is 8.69. The van der Waals surface area contributed by atoms with Gasteiger partial charge in [0.2, 0.25) is 5.91 Å². The predicted molar refractivity (Wildman–Crippen MR) is 144 cm³/mol. The van der Waals surface area contributed by atoms with Crippen molar-refractivity contribution >= 4 is 38.9 Å². The Morgan fingerprint density at radius 3 is 2.27 bits per heavy atom. The van der Waals surface area contributed by atoms with Crippen molar-refractivity contribution in [1.29, 1.82) is 0 Å². The molecule has 1 saturated heterocycles. The van der Waals surface area contributed by atoms with Gasteiger partial charge < -0.3 is 14.5 Å². The molecule has 0 radical (unpaired) electrons. The van der Waals surface area contributed by atoms with Crippen LogP contribution in [0, 0.1) is 12.7 Å². The second kappa shape index (κ2) is 11.4. The van der Waals surface area contributed by atoms with E-state index in [2.05, 4.69) is 4.90 Å². The zero-order valence-electron chi connectivity index (χ0n) is 20.7. The summed E-state index contributed by atoms with van der Waals surface area (Å²) < 4.78 is 47.1. The van der Waals surface area contributed by atoms with E-state index >= 15 is 0 Å². The van der Waals surface area contributed by atoms with Crippen LogP contribution in [0.3, 0.4) is 0 Å². The predicted octanol–water partition coefficient (Wildman–Crippen LogP) is 4.73. The highest BCUT2D eigenvalue weighted by molar-refractivity contribution is 7.92. The van der Waals surface area contributed by atoms with Gasteiger partial charge in [0.05, 0.1) is 17.2 Å². The molecule has 3 aromatic rings. The Morgan fingerprint density at radius 2 is 1.65 bits per heavy atom. The van der Waals surface area contributed by atoms with Gasteiger partial charge in [0.25, 0.3) is 10.0 Å².